The number of rotatable bonds is 5. The summed E-state index contributed by atoms with van der Waals surface area (Å²) >= 11 is 0. The number of aliphatic hydroxyl groups is 1. The van der Waals surface area contributed by atoms with Gasteiger partial charge in [-0.15, -0.1) is 0 Å². The van der Waals surface area contributed by atoms with Crippen LogP contribution in [0.5, 0.6) is 0 Å². The van der Waals surface area contributed by atoms with E-state index in [0.29, 0.717) is 30.8 Å². The molecule has 1 atom stereocenters. The first-order chi connectivity index (χ1) is 12.7. The Balaban J connectivity index is 1.47. The number of nitrogens with zero attached hydrogens (tertiary/aromatic N) is 6. The summed E-state index contributed by atoms with van der Waals surface area (Å²) in [4.78, 5) is 17.3. The fourth-order valence-corrected chi connectivity index (χ4v) is 2.95. The van der Waals surface area contributed by atoms with Crippen molar-refractivity contribution >= 4 is 11.8 Å². The summed E-state index contributed by atoms with van der Waals surface area (Å²) in [5, 5.41) is 13.7. The minimum atomic E-state index is -0.291. The number of aliphatic hydroxyl groups excluding tert-OH is 1. The van der Waals surface area contributed by atoms with E-state index in [1.807, 2.05) is 48.3 Å². The molecule has 8 heteroatoms. The number of hydrogen-bond donors (Lipinski definition) is 1. The van der Waals surface area contributed by atoms with Crippen molar-refractivity contribution in [2.75, 3.05) is 29.9 Å². The first kappa shape index (κ1) is 16.5. The molecule has 1 aromatic carbocycles. The molecule has 0 amide bonds. The molecule has 0 radical (unpaired) electrons. The molecule has 4 rings (SSSR count). The normalized spacial score (nSPS) is 16.8. The molecule has 1 aliphatic heterocycles. The van der Waals surface area contributed by atoms with E-state index in [1.165, 1.54) is 0 Å². The summed E-state index contributed by atoms with van der Waals surface area (Å²) in [6.45, 7) is 1.81. The van der Waals surface area contributed by atoms with Crippen molar-refractivity contribution in [3.63, 3.8) is 0 Å². The molecule has 1 aliphatic rings. The topological polar surface area (TPSA) is 91.4 Å². The van der Waals surface area contributed by atoms with E-state index in [2.05, 4.69) is 25.0 Å². The van der Waals surface area contributed by atoms with Gasteiger partial charge in [0, 0.05) is 31.9 Å². The van der Waals surface area contributed by atoms with E-state index in [0.717, 1.165) is 24.3 Å². The lowest BCUT2D eigenvalue weighted by Gasteiger charge is -2.19. The van der Waals surface area contributed by atoms with Crippen LogP contribution in [0, 0.1) is 0 Å². The highest BCUT2D eigenvalue weighted by Gasteiger charge is 2.22. The van der Waals surface area contributed by atoms with Crippen LogP contribution < -0.4 is 9.80 Å². The molecule has 134 valence electrons. The Morgan fingerprint density at radius 3 is 2.85 bits per heavy atom. The predicted molar refractivity (Wildman–Crippen MR) is 96.7 cm³/mol. The van der Waals surface area contributed by atoms with Crippen LogP contribution in [0.1, 0.15) is 12.3 Å². The van der Waals surface area contributed by atoms with Crippen LogP contribution in [-0.4, -0.2) is 51.5 Å². The summed E-state index contributed by atoms with van der Waals surface area (Å²) in [5.74, 6) is 2.45. The van der Waals surface area contributed by atoms with E-state index in [4.69, 9.17) is 4.52 Å². The highest BCUT2D eigenvalue weighted by atomic mass is 16.5. The highest BCUT2D eigenvalue weighted by Crippen LogP contribution is 2.21. The predicted octanol–water partition coefficient (Wildman–Crippen LogP) is 1.73. The zero-order valence-corrected chi connectivity index (χ0v) is 14.5. The molecule has 8 nitrogen and oxygen atoms in total. The van der Waals surface area contributed by atoms with Gasteiger partial charge in [0.25, 0.3) is 0 Å². The average molecular weight is 352 g/mol. The molecule has 0 bridgehead atoms. The number of β-amino-alcohol motifs (C(OH)–C–C–N with tert-alkyl or cyclic N) is 1. The van der Waals surface area contributed by atoms with E-state index >= 15 is 0 Å². The Morgan fingerprint density at radius 1 is 1.23 bits per heavy atom. The Labute approximate surface area is 151 Å². The quantitative estimate of drug-likeness (QED) is 0.742. The molecule has 0 spiro atoms. The minimum Gasteiger partial charge on any atom is -0.391 e. The third kappa shape index (κ3) is 3.50. The maximum Gasteiger partial charge on any atom is 0.246 e. The van der Waals surface area contributed by atoms with Crippen molar-refractivity contribution in [2.45, 2.75) is 19.1 Å². The third-order valence-electron chi connectivity index (χ3n) is 4.33. The molecule has 0 aliphatic carbocycles. The van der Waals surface area contributed by atoms with E-state index in [1.54, 1.807) is 6.20 Å². The van der Waals surface area contributed by atoms with Crippen LogP contribution in [0.4, 0.5) is 11.8 Å². The number of aromatic nitrogens is 4. The number of benzene rings is 1. The van der Waals surface area contributed by atoms with Crippen LogP contribution in [-0.2, 0) is 6.54 Å². The van der Waals surface area contributed by atoms with Gasteiger partial charge in [-0.3, -0.25) is 0 Å². The molecular weight excluding hydrogens is 332 g/mol. The van der Waals surface area contributed by atoms with Gasteiger partial charge in [-0.25, -0.2) is 4.98 Å². The third-order valence-corrected chi connectivity index (χ3v) is 4.33. The Bertz CT molecular complexity index is 869. The Kier molecular flexibility index (Phi) is 4.49. The summed E-state index contributed by atoms with van der Waals surface area (Å²) < 4.78 is 5.35. The summed E-state index contributed by atoms with van der Waals surface area (Å²) in [6.07, 6.45) is 2.20. The molecule has 0 unspecified atom stereocenters. The van der Waals surface area contributed by atoms with Crippen LogP contribution in [0.25, 0.3) is 11.4 Å². The fourth-order valence-electron chi connectivity index (χ4n) is 2.95. The Morgan fingerprint density at radius 2 is 2.08 bits per heavy atom. The van der Waals surface area contributed by atoms with Gasteiger partial charge in [0.15, 0.2) is 0 Å². The van der Waals surface area contributed by atoms with Gasteiger partial charge < -0.3 is 19.4 Å². The monoisotopic (exact) mass is 352 g/mol. The maximum absolute atomic E-state index is 9.71. The van der Waals surface area contributed by atoms with Gasteiger partial charge in [-0.2, -0.15) is 9.97 Å². The lowest BCUT2D eigenvalue weighted by Crippen LogP contribution is -2.24. The number of hydrogen-bond acceptors (Lipinski definition) is 8. The lowest BCUT2D eigenvalue weighted by molar-refractivity contribution is 0.198. The van der Waals surface area contributed by atoms with Crippen LogP contribution in [0.15, 0.2) is 47.1 Å². The van der Waals surface area contributed by atoms with E-state index in [9.17, 15) is 5.11 Å². The number of anilines is 2. The first-order valence-electron chi connectivity index (χ1n) is 8.54. The SMILES string of the molecule is CN(Cc1nc(-c2ccccc2)no1)c1nccc(N2CC[C@H](O)C2)n1. The Hall–Kier alpha value is -3.00. The second-order valence-electron chi connectivity index (χ2n) is 6.34. The van der Waals surface area contributed by atoms with Crippen molar-refractivity contribution in [1.29, 1.82) is 0 Å². The maximum atomic E-state index is 9.71. The summed E-state index contributed by atoms with van der Waals surface area (Å²) in [7, 11) is 1.88. The molecule has 2 aromatic heterocycles. The second kappa shape index (κ2) is 7.09. The van der Waals surface area contributed by atoms with Crippen LogP contribution in [0.3, 0.4) is 0 Å². The van der Waals surface area contributed by atoms with E-state index < -0.39 is 0 Å². The lowest BCUT2D eigenvalue weighted by atomic mass is 10.2. The second-order valence-corrected chi connectivity index (χ2v) is 6.34. The molecule has 0 saturated carbocycles. The van der Waals surface area contributed by atoms with Gasteiger partial charge in [0.2, 0.25) is 17.7 Å². The molecule has 1 fully saturated rings. The molecule has 3 heterocycles. The van der Waals surface area contributed by atoms with Crippen LogP contribution in [0.2, 0.25) is 0 Å². The molecular formula is C18H20N6O2. The van der Waals surface area contributed by atoms with Crippen molar-refractivity contribution in [2.24, 2.45) is 0 Å². The van der Waals surface area contributed by atoms with Gasteiger partial charge in [0.1, 0.15) is 5.82 Å². The summed E-state index contributed by atoms with van der Waals surface area (Å²) in [5.41, 5.74) is 0.913. The zero-order chi connectivity index (χ0) is 17.9. The summed E-state index contributed by atoms with van der Waals surface area (Å²) in [6, 6.07) is 11.6. The van der Waals surface area contributed by atoms with Crippen molar-refractivity contribution < 1.29 is 9.63 Å². The van der Waals surface area contributed by atoms with Gasteiger partial charge in [-0.1, -0.05) is 35.5 Å². The van der Waals surface area contributed by atoms with Crippen molar-refractivity contribution in [1.82, 2.24) is 20.1 Å². The van der Waals surface area contributed by atoms with E-state index in [-0.39, 0.29) is 6.10 Å². The van der Waals surface area contributed by atoms with Crippen LogP contribution >= 0.6 is 0 Å². The zero-order valence-electron chi connectivity index (χ0n) is 14.5. The van der Waals surface area contributed by atoms with Crippen molar-refractivity contribution in [3.8, 4) is 11.4 Å². The highest BCUT2D eigenvalue weighted by molar-refractivity contribution is 5.53. The van der Waals surface area contributed by atoms with Gasteiger partial charge in [-0.05, 0) is 12.5 Å². The molecule has 1 N–H and O–H groups in total. The first-order valence-corrected chi connectivity index (χ1v) is 8.54. The fraction of sp³-hybridized carbons (Fsp3) is 0.333. The van der Waals surface area contributed by atoms with Gasteiger partial charge in [0.05, 0.1) is 12.6 Å². The van der Waals surface area contributed by atoms with Gasteiger partial charge >= 0.3 is 0 Å². The molecule has 3 aromatic rings. The molecule has 1 saturated heterocycles. The average Bonchev–Trinajstić information content (AvgIpc) is 3.32. The molecule has 26 heavy (non-hydrogen) atoms. The smallest absolute Gasteiger partial charge is 0.246 e. The van der Waals surface area contributed by atoms with Crippen molar-refractivity contribution in [3.05, 3.63) is 48.5 Å². The standard InChI is InChI=1S/C18H20N6O2/c1-23(12-16-21-17(22-26-16)13-5-3-2-4-6-13)18-19-9-7-15(20-18)24-10-8-14(25)11-24/h2-7,9,14,25H,8,10-12H2,1H3/t14-/m0/s1. The minimum absolute atomic E-state index is 0.291. The largest absolute Gasteiger partial charge is 0.391 e.